The van der Waals surface area contributed by atoms with Crippen molar-refractivity contribution in [2.24, 2.45) is 0 Å². The maximum Gasteiger partial charge on any atom is 0.257 e. The molecule has 0 aliphatic carbocycles. The zero-order valence-electron chi connectivity index (χ0n) is 12.6. The highest BCUT2D eigenvalue weighted by atomic mass is 35.5. The Morgan fingerprint density at radius 3 is 2.96 bits per heavy atom. The zero-order valence-corrected chi connectivity index (χ0v) is 14.2. The number of amides is 1. The summed E-state index contributed by atoms with van der Waals surface area (Å²) < 4.78 is 5.60. The van der Waals surface area contributed by atoms with E-state index in [1.165, 1.54) is 11.8 Å². The van der Waals surface area contributed by atoms with E-state index in [0.29, 0.717) is 32.6 Å². The van der Waals surface area contributed by atoms with Gasteiger partial charge >= 0.3 is 0 Å². The van der Waals surface area contributed by atoms with Gasteiger partial charge in [0.2, 0.25) is 5.91 Å². The lowest BCUT2D eigenvalue weighted by atomic mass is 10.2. The summed E-state index contributed by atoms with van der Waals surface area (Å²) in [6, 6.07) is 14.1. The number of rotatable bonds is 4. The number of fused-ring (bicyclic) bond motifs is 1. The van der Waals surface area contributed by atoms with Crippen LogP contribution in [0.4, 0.5) is 5.69 Å². The van der Waals surface area contributed by atoms with E-state index in [2.05, 4.69) is 10.3 Å². The molecule has 7 heteroatoms. The molecular weight excluding hydrogens is 346 g/mol. The van der Waals surface area contributed by atoms with Crippen molar-refractivity contribution in [1.29, 1.82) is 5.26 Å². The molecule has 1 aromatic heterocycles. The molecule has 1 N–H and O–H groups in total. The van der Waals surface area contributed by atoms with Crippen LogP contribution < -0.4 is 5.32 Å². The summed E-state index contributed by atoms with van der Waals surface area (Å²) in [4.78, 5) is 16.6. The smallest absolute Gasteiger partial charge is 0.257 e. The monoisotopic (exact) mass is 357 g/mol. The number of nitrogens with zero attached hydrogens (tertiary/aromatic N) is 2. The number of para-hydroxylation sites is 1. The number of oxazole rings is 1. The van der Waals surface area contributed by atoms with E-state index in [4.69, 9.17) is 21.3 Å². The van der Waals surface area contributed by atoms with Gasteiger partial charge in [0.1, 0.15) is 11.6 Å². The maximum atomic E-state index is 12.3. The van der Waals surface area contributed by atoms with Crippen LogP contribution in [0.1, 0.15) is 12.5 Å². The molecule has 1 unspecified atom stereocenters. The van der Waals surface area contributed by atoms with Crippen molar-refractivity contribution >= 4 is 46.1 Å². The number of hydrogen-bond donors (Lipinski definition) is 1. The summed E-state index contributed by atoms with van der Waals surface area (Å²) in [5.41, 5.74) is 2.16. The van der Waals surface area contributed by atoms with Gasteiger partial charge in [-0.05, 0) is 37.3 Å². The molecule has 5 nitrogen and oxygen atoms in total. The zero-order chi connectivity index (χ0) is 17.1. The predicted octanol–water partition coefficient (Wildman–Crippen LogP) is 4.47. The van der Waals surface area contributed by atoms with Crippen molar-refractivity contribution in [2.45, 2.75) is 17.4 Å². The van der Waals surface area contributed by atoms with E-state index in [0.717, 1.165) is 0 Å². The lowest BCUT2D eigenvalue weighted by molar-refractivity contribution is -0.115. The van der Waals surface area contributed by atoms with Gasteiger partial charge in [-0.25, -0.2) is 4.98 Å². The van der Waals surface area contributed by atoms with Crippen LogP contribution in [0, 0.1) is 11.3 Å². The molecule has 1 amide bonds. The molecule has 1 heterocycles. The van der Waals surface area contributed by atoms with Crippen molar-refractivity contribution in [1.82, 2.24) is 4.98 Å². The number of thioether (sulfide) groups is 1. The molecule has 3 rings (SSSR count). The van der Waals surface area contributed by atoms with Gasteiger partial charge in [-0.15, -0.1) is 0 Å². The number of aromatic nitrogens is 1. The fraction of sp³-hybridized carbons (Fsp3) is 0.118. The third-order valence-electron chi connectivity index (χ3n) is 3.28. The van der Waals surface area contributed by atoms with Crippen LogP contribution in [0.25, 0.3) is 11.1 Å². The average molecular weight is 358 g/mol. The number of carbonyl (C=O) groups is 1. The Labute approximate surface area is 147 Å². The number of carbonyl (C=O) groups excluding carboxylic acids is 1. The van der Waals surface area contributed by atoms with E-state index in [-0.39, 0.29) is 5.91 Å². The first-order chi connectivity index (χ1) is 11.6. The molecule has 0 aliphatic rings. The van der Waals surface area contributed by atoms with Crippen molar-refractivity contribution in [3.05, 3.63) is 53.1 Å². The van der Waals surface area contributed by atoms with Gasteiger partial charge in [-0.1, -0.05) is 35.5 Å². The first kappa shape index (κ1) is 16.4. The minimum absolute atomic E-state index is 0.233. The highest BCUT2D eigenvalue weighted by Crippen LogP contribution is 2.28. The van der Waals surface area contributed by atoms with E-state index in [1.54, 1.807) is 49.4 Å². The van der Waals surface area contributed by atoms with Crippen molar-refractivity contribution in [3.8, 4) is 6.07 Å². The molecule has 0 aliphatic heterocycles. The van der Waals surface area contributed by atoms with Gasteiger partial charge < -0.3 is 9.73 Å². The number of halogens is 1. The second kappa shape index (κ2) is 6.95. The lowest BCUT2D eigenvalue weighted by Gasteiger charge is -2.10. The number of hydrogen-bond acceptors (Lipinski definition) is 5. The third-order valence-corrected chi connectivity index (χ3v) is 4.46. The Hall–Kier alpha value is -2.49. The fourth-order valence-electron chi connectivity index (χ4n) is 2.06. The maximum absolute atomic E-state index is 12.3. The topological polar surface area (TPSA) is 78.9 Å². The molecule has 3 aromatic rings. The van der Waals surface area contributed by atoms with Gasteiger partial charge in [0.05, 0.1) is 16.5 Å². The summed E-state index contributed by atoms with van der Waals surface area (Å²) >= 11 is 7.12. The Kier molecular flexibility index (Phi) is 4.74. The molecule has 0 bridgehead atoms. The standard InChI is InChI=1S/C17H12ClN3O2S/c1-10(16(22)20-13-5-3-2-4-11(13)9-19)24-17-21-14-8-12(18)6-7-15(14)23-17/h2-8,10H,1H3,(H,20,22). The molecule has 1 atom stereocenters. The van der Waals surface area contributed by atoms with Gasteiger partial charge in [0.15, 0.2) is 5.58 Å². The first-order valence-electron chi connectivity index (χ1n) is 7.09. The predicted molar refractivity (Wildman–Crippen MR) is 94.1 cm³/mol. The quantitative estimate of drug-likeness (QED) is 0.697. The molecule has 24 heavy (non-hydrogen) atoms. The summed E-state index contributed by atoms with van der Waals surface area (Å²) in [5, 5.41) is 12.3. The first-order valence-corrected chi connectivity index (χ1v) is 8.35. The molecule has 0 radical (unpaired) electrons. The second-order valence-electron chi connectivity index (χ2n) is 5.00. The van der Waals surface area contributed by atoms with E-state index < -0.39 is 5.25 Å². The average Bonchev–Trinajstić information content (AvgIpc) is 2.96. The number of benzene rings is 2. The Balaban J connectivity index is 1.72. The SMILES string of the molecule is CC(Sc1nc2cc(Cl)ccc2o1)C(=O)Nc1ccccc1C#N. The van der Waals surface area contributed by atoms with E-state index >= 15 is 0 Å². The minimum atomic E-state index is -0.444. The highest BCUT2D eigenvalue weighted by molar-refractivity contribution is 8.00. The van der Waals surface area contributed by atoms with Crippen LogP contribution in [0.3, 0.4) is 0 Å². The number of nitrogens with one attached hydrogen (secondary N) is 1. The largest absolute Gasteiger partial charge is 0.431 e. The Bertz CT molecular complexity index is 948. The number of nitriles is 1. The van der Waals surface area contributed by atoms with Gasteiger partial charge in [0.25, 0.3) is 5.22 Å². The summed E-state index contributed by atoms with van der Waals surface area (Å²) in [7, 11) is 0. The van der Waals surface area contributed by atoms with Crippen LogP contribution in [0.15, 0.2) is 52.1 Å². The van der Waals surface area contributed by atoms with E-state index in [1.807, 2.05) is 6.07 Å². The molecule has 0 spiro atoms. The molecule has 0 saturated carbocycles. The summed E-state index contributed by atoms with van der Waals surface area (Å²) in [6.45, 7) is 1.75. The highest BCUT2D eigenvalue weighted by Gasteiger charge is 2.19. The van der Waals surface area contributed by atoms with Crippen LogP contribution >= 0.6 is 23.4 Å². The summed E-state index contributed by atoms with van der Waals surface area (Å²) in [6.07, 6.45) is 0. The van der Waals surface area contributed by atoms with Crippen LogP contribution in [-0.2, 0) is 4.79 Å². The van der Waals surface area contributed by atoms with Gasteiger partial charge in [-0.2, -0.15) is 5.26 Å². The van der Waals surface area contributed by atoms with Crippen molar-refractivity contribution in [3.63, 3.8) is 0 Å². The molecule has 2 aromatic carbocycles. The van der Waals surface area contributed by atoms with Crippen LogP contribution in [-0.4, -0.2) is 16.1 Å². The van der Waals surface area contributed by atoms with Gasteiger partial charge in [0, 0.05) is 5.02 Å². The van der Waals surface area contributed by atoms with Gasteiger partial charge in [-0.3, -0.25) is 4.79 Å². The molecular formula is C17H12ClN3O2S. The second-order valence-corrected chi connectivity index (χ2v) is 6.73. The number of anilines is 1. The minimum Gasteiger partial charge on any atom is -0.431 e. The van der Waals surface area contributed by atoms with Crippen LogP contribution in [0.5, 0.6) is 0 Å². The van der Waals surface area contributed by atoms with Crippen molar-refractivity contribution < 1.29 is 9.21 Å². The molecule has 120 valence electrons. The molecule has 0 saturated heterocycles. The fourth-order valence-corrected chi connectivity index (χ4v) is 2.98. The van der Waals surface area contributed by atoms with Crippen molar-refractivity contribution in [2.75, 3.05) is 5.32 Å². The molecule has 0 fully saturated rings. The Morgan fingerprint density at radius 2 is 2.17 bits per heavy atom. The summed E-state index contributed by atoms with van der Waals surface area (Å²) in [5.74, 6) is -0.233. The normalized spacial score (nSPS) is 11.9. The Morgan fingerprint density at radius 1 is 1.38 bits per heavy atom. The third kappa shape index (κ3) is 3.53. The van der Waals surface area contributed by atoms with E-state index in [9.17, 15) is 4.79 Å². The van der Waals surface area contributed by atoms with Crippen LogP contribution in [0.2, 0.25) is 5.02 Å². The lowest BCUT2D eigenvalue weighted by Crippen LogP contribution is -2.22.